The van der Waals surface area contributed by atoms with Crippen molar-refractivity contribution in [2.75, 3.05) is 0 Å². The summed E-state index contributed by atoms with van der Waals surface area (Å²) < 4.78 is 5.50. The van der Waals surface area contributed by atoms with E-state index in [2.05, 4.69) is 4.98 Å². The molecule has 2 N–H and O–H groups in total. The van der Waals surface area contributed by atoms with Gasteiger partial charge in [-0.05, 0) is 42.8 Å². The summed E-state index contributed by atoms with van der Waals surface area (Å²) in [6.07, 6.45) is 0. The van der Waals surface area contributed by atoms with Crippen molar-refractivity contribution in [3.8, 4) is 28.1 Å². The lowest BCUT2D eigenvalue weighted by Gasteiger charge is -2.09. The second-order valence-electron chi connectivity index (χ2n) is 7.04. The van der Waals surface area contributed by atoms with Crippen LogP contribution in [0.3, 0.4) is 0 Å². The summed E-state index contributed by atoms with van der Waals surface area (Å²) >= 11 is 6.26. The van der Waals surface area contributed by atoms with Gasteiger partial charge in [-0.2, -0.15) is 0 Å². The number of aromatic amines is 1. The zero-order valence-corrected chi connectivity index (χ0v) is 16.2. The molecule has 4 nitrogen and oxygen atoms in total. The van der Waals surface area contributed by atoms with Gasteiger partial charge >= 0.3 is 5.63 Å². The standard InChI is InChI=1S/C24H16ClNO3/c1-13-6-8-14(9-7-13)20-17-12-15(25)10-11-18(17)26-22(20)21-23(27)16-4-2-3-5-19(16)29-24(21)28/h2-12,26-27H,1H3. The third-order valence-electron chi connectivity index (χ3n) is 5.14. The van der Waals surface area contributed by atoms with E-state index in [4.69, 9.17) is 16.0 Å². The van der Waals surface area contributed by atoms with E-state index in [1.165, 1.54) is 0 Å². The minimum absolute atomic E-state index is 0.103. The van der Waals surface area contributed by atoms with Crippen molar-refractivity contribution in [2.45, 2.75) is 6.92 Å². The van der Waals surface area contributed by atoms with Gasteiger partial charge in [-0.15, -0.1) is 0 Å². The minimum atomic E-state index is -0.604. The fraction of sp³-hybridized carbons (Fsp3) is 0.0417. The van der Waals surface area contributed by atoms with Crippen LogP contribution in [0.4, 0.5) is 0 Å². The molecule has 0 saturated heterocycles. The smallest absolute Gasteiger partial charge is 0.349 e. The van der Waals surface area contributed by atoms with E-state index in [1.807, 2.05) is 43.3 Å². The number of nitrogens with one attached hydrogen (secondary N) is 1. The number of rotatable bonds is 2. The molecule has 0 unspecified atom stereocenters. The first-order valence-electron chi connectivity index (χ1n) is 9.16. The largest absolute Gasteiger partial charge is 0.506 e. The molecule has 0 aliphatic carbocycles. The maximum absolute atomic E-state index is 12.9. The minimum Gasteiger partial charge on any atom is -0.506 e. The maximum atomic E-state index is 12.9. The van der Waals surface area contributed by atoms with Gasteiger partial charge in [0.05, 0.1) is 11.1 Å². The number of aromatic nitrogens is 1. The quantitative estimate of drug-likeness (QED) is 0.342. The molecule has 29 heavy (non-hydrogen) atoms. The van der Waals surface area contributed by atoms with Gasteiger partial charge in [0.25, 0.3) is 0 Å². The van der Waals surface area contributed by atoms with Crippen molar-refractivity contribution in [3.63, 3.8) is 0 Å². The SMILES string of the molecule is Cc1ccc(-c2c(-c3c(O)c4ccccc4oc3=O)[nH]c3ccc(Cl)cc23)cc1. The molecule has 0 atom stereocenters. The Balaban J connectivity index is 1.91. The number of H-pyrrole nitrogens is 1. The van der Waals surface area contributed by atoms with Gasteiger partial charge in [0, 0.05) is 21.5 Å². The second kappa shape index (κ2) is 6.54. The Hall–Kier alpha value is -3.50. The molecule has 0 radical (unpaired) electrons. The number of hydrogen-bond donors (Lipinski definition) is 2. The summed E-state index contributed by atoms with van der Waals surface area (Å²) in [5, 5.41) is 12.9. The average molecular weight is 402 g/mol. The monoisotopic (exact) mass is 401 g/mol. The van der Waals surface area contributed by atoms with Crippen molar-refractivity contribution in [1.29, 1.82) is 0 Å². The van der Waals surface area contributed by atoms with Gasteiger partial charge < -0.3 is 14.5 Å². The number of hydrogen-bond acceptors (Lipinski definition) is 3. The van der Waals surface area contributed by atoms with Crippen LogP contribution < -0.4 is 5.63 Å². The first-order valence-corrected chi connectivity index (χ1v) is 9.54. The number of aromatic hydroxyl groups is 1. The molecule has 5 heteroatoms. The summed E-state index contributed by atoms with van der Waals surface area (Å²) in [6, 6.07) is 20.4. The van der Waals surface area contributed by atoms with Crippen LogP contribution in [-0.2, 0) is 0 Å². The Morgan fingerprint density at radius 3 is 2.48 bits per heavy atom. The predicted octanol–water partition coefficient (Wildman–Crippen LogP) is 6.28. The molecular formula is C24H16ClNO3. The highest BCUT2D eigenvalue weighted by molar-refractivity contribution is 6.31. The third-order valence-corrected chi connectivity index (χ3v) is 5.37. The lowest BCUT2D eigenvalue weighted by atomic mass is 9.97. The summed E-state index contributed by atoms with van der Waals surface area (Å²) in [7, 11) is 0. The van der Waals surface area contributed by atoms with Gasteiger partial charge in [-0.25, -0.2) is 4.79 Å². The van der Waals surface area contributed by atoms with Crippen LogP contribution in [0, 0.1) is 6.92 Å². The molecule has 5 rings (SSSR count). The van der Waals surface area contributed by atoms with Crippen molar-refractivity contribution >= 4 is 33.5 Å². The third kappa shape index (κ3) is 2.80. The van der Waals surface area contributed by atoms with Crippen LogP contribution in [0.1, 0.15) is 5.56 Å². The van der Waals surface area contributed by atoms with E-state index in [-0.39, 0.29) is 11.3 Å². The van der Waals surface area contributed by atoms with Gasteiger partial charge in [-0.1, -0.05) is 53.6 Å². The van der Waals surface area contributed by atoms with E-state index in [1.54, 1.807) is 30.3 Å². The predicted molar refractivity (Wildman–Crippen MR) is 117 cm³/mol. The number of aryl methyl sites for hydroxylation is 1. The Labute approximate surface area is 171 Å². The normalized spacial score (nSPS) is 11.4. The Kier molecular flexibility index (Phi) is 3.96. The van der Waals surface area contributed by atoms with Crippen LogP contribution >= 0.6 is 11.6 Å². The molecule has 0 spiro atoms. The first-order chi connectivity index (χ1) is 14.0. The van der Waals surface area contributed by atoms with Crippen LogP contribution in [-0.4, -0.2) is 10.1 Å². The number of halogens is 1. The van der Waals surface area contributed by atoms with Crippen molar-refractivity contribution in [2.24, 2.45) is 0 Å². The molecule has 5 aromatic rings. The zero-order valence-electron chi connectivity index (χ0n) is 15.5. The highest BCUT2D eigenvalue weighted by Gasteiger charge is 2.23. The topological polar surface area (TPSA) is 66.2 Å². The fourth-order valence-corrected chi connectivity index (χ4v) is 3.90. The Bertz CT molecular complexity index is 1450. The van der Waals surface area contributed by atoms with Crippen molar-refractivity contribution in [1.82, 2.24) is 4.98 Å². The van der Waals surface area contributed by atoms with Crippen molar-refractivity contribution in [3.05, 3.63) is 87.7 Å². The second-order valence-corrected chi connectivity index (χ2v) is 7.48. The number of para-hydroxylation sites is 1. The van der Waals surface area contributed by atoms with E-state index in [0.717, 1.165) is 27.6 Å². The molecule has 3 aromatic carbocycles. The number of benzene rings is 3. The molecule has 2 heterocycles. The molecular weight excluding hydrogens is 386 g/mol. The van der Waals surface area contributed by atoms with Gasteiger partial charge in [0.1, 0.15) is 16.9 Å². The van der Waals surface area contributed by atoms with E-state index < -0.39 is 5.63 Å². The zero-order chi connectivity index (χ0) is 20.1. The summed E-state index contributed by atoms with van der Waals surface area (Å²) in [4.78, 5) is 16.2. The lowest BCUT2D eigenvalue weighted by molar-refractivity contribution is 0.471. The molecule has 0 fully saturated rings. The molecule has 142 valence electrons. The summed E-state index contributed by atoms with van der Waals surface area (Å²) in [5.74, 6) is -0.108. The maximum Gasteiger partial charge on any atom is 0.349 e. The summed E-state index contributed by atoms with van der Waals surface area (Å²) in [5.41, 5.74) is 3.98. The lowest BCUT2D eigenvalue weighted by Crippen LogP contribution is -2.04. The molecule has 0 amide bonds. The summed E-state index contributed by atoms with van der Waals surface area (Å²) in [6.45, 7) is 2.01. The molecule has 0 saturated carbocycles. The van der Waals surface area contributed by atoms with Crippen molar-refractivity contribution < 1.29 is 9.52 Å². The Morgan fingerprint density at radius 2 is 1.69 bits per heavy atom. The van der Waals surface area contributed by atoms with E-state index in [9.17, 15) is 9.90 Å². The molecule has 0 aliphatic heterocycles. The fourth-order valence-electron chi connectivity index (χ4n) is 3.73. The number of fused-ring (bicyclic) bond motifs is 2. The highest BCUT2D eigenvalue weighted by Crippen LogP contribution is 2.42. The van der Waals surface area contributed by atoms with E-state index >= 15 is 0 Å². The van der Waals surface area contributed by atoms with Gasteiger partial charge in [0.2, 0.25) is 0 Å². The van der Waals surface area contributed by atoms with E-state index in [0.29, 0.717) is 21.7 Å². The van der Waals surface area contributed by atoms with Crippen LogP contribution in [0.25, 0.3) is 44.3 Å². The molecule has 0 bridgehead atoms. The van der Waals surface area contributed by atoms with Gasteiger partial charge in [-0.3, -0.25) is 0 Å². The van der Waals surface area contributed by atoms with Gasteiger partial charge in [0.15, 0.2) is 0 Å². The highest BCUT2D eigenvalue weighted by atomic mass is 35.5. The average Bonchev–Trinajstić information content (AvgIpc) is 3.07. The Morgan fingerprint density at radius 1 is 0.931 bits per heavy atom. The van der Waals surface area contributed by atoms with Crippen LogP contribution in [0.5, 0.6) is 5.75 Å². The molecule has 2 aromatic heterocycles. The van der Waals surface area contributed by atoms with Crippen LogP contribution in [0.15, 0.2) is 75.9 Å². The molecule has 0 aliphatic rings. The first kappa shape index (κ1) is 17.6. The van der Waals surface area contributed by atoms with Crippen LogP contribution in [0.2, 0.25) is 5.02 Å².